The van der Waals surface area contributed by atoms with Crippen molar-refractivity contribution in [2.24, 2.45) is 7.05 Å². The van der Waals surface area contributed by atoms with Crippen LogP contribution in [-0.2, 0) is 18.3 Å². The SMILES string of the molecule is Cn1ccc(C(=O)NC2CCCN(CC(=O)N3CCc4ccccc43)C2)n1. The van der Waals surface area contributed by atoms with E-state index in [9.17, 15) is 9.59 Å². The molecule has 2 aliphatic rings. The van der Waals surface area contributed by atoms with Crippen LogP contribution in [0, 0.1) is 0 Å². The summed E-state index contributed by atoms with van der Waals surface area (Å²) in [7, 11) is 1.79. The molecule has 27 heavy (non-hydrogen) atoms. The number of likely N-dealkylation sites (tertiary alicyclic amines) is 1. The van der Waals surface area contributed by atoms with Gasteiger partial charge in [-0.2, -0.15) is 5.10 Å². The second-order valence-electron chi connectivity index (χ2n) is 7.35. The first-order valence-corrected chi connectivity index (χ1v) is 9.51. The zero-order valence-electron chi connectivity index (χ0n) is 15.6. The third-order valence-electron chi connectivity index (χ3n) is 5.33. The van der Waals surface area contributed by atoms with E-state index in [1.54, 1.807) is 24.0 Å². The summed E-state index contributed by atoms with van der Waals surface area (Å²) in [5, 5.41) is 7.20. The van der Waals surface area contributed by atoms with Crippen LogP contribution in [0.5, 0.6) is 0 Å². The van der Waals surface area contributed by atoms with Crippen molar-refractivity contribution in [1.82, 2.24) is 20.0 Å². The number of aryl methyl sites for hydroxylation is 1. The van der Waals surface area contributed by atoms with Gasteiger partial charge in [-0.15, -0.1) is 0 Å². The van der Waals surface area contributed by atoms with Crippen molar-refractivity contribution in [3.05, 3.63) is 47.8 Å². The molecule has 0 saturated carbocycles. The summed E-state index contributed by atoms with van der Waals surface area (Å²) >= 11 is 0. The first-order valence-electron chi connectivity index (χ1n) is 9.51. The lowest BCUT2D eigenvalue weighted by atomic mass is 10.1. The molecule has 2 aliphatic heterocycles. The van der Waals surface area contributed by atoms with Crippen LogP contribution in [0.4, 0.5) is 5.69 Å². The number of benzene rings is 1. The Labute approximate surface area is 158 Å². The number of fused-ring (bicyclic) bond motifs is 1. The van der Waals surface area contributed by atoms with Gasteiger partial charge in [0, 0.05) is 38.1 Å². The zero-order valence-corrected chi connectivity index (χ0v) is 15.6. The van der Waals surface area contributed by atoms with Gasteiger partial charge in [-0.1, -0.05) is 18.2 Å². The Morgan fingerprint density at radius 3 is 2.89 bits per heavy atom. The molecule has 7 nitrogen and oxygen atoms in total. The molecular weight excluding hydrogens is 342 g/mol. The number of anilines is 1. The summed E-state index contributed by atoms with van der Waals surface area (Å²) in [6, 6.07) is 9.87. The maximum absolute atomic E-state index is 12.8. The topological polar surface area (TPSA) is 70.5 Å². The van der Waals surface area contributed by atoms with Crippen LogP contribution in [0.3, 0.4) is 0 Å². The monoisotopic (exact) mass is 367 g/mol. The van der Waals surface area contributed by atoms with Crippen molar-refractivity contribution in [2.45, 2.75) is 25.3 Å². The highest BCUT2D eigenvalue weighted by molar-refractivity contribution is 5.96. The number of hydrogen-bond acceptors (Lipinski definition) is 4. The van der Waals surface area contributed by atoms with Gasteiger partial charge in [0.05, 0.1) is 6.54 Å². The highest BCUT2D eigenvalue weighted by atomic mass is 16.2. The molecule has 0 aliphatic carbocycles. The predicted molar refractivity (Wildman–Crippen MR) is 103 cm³/mol. The quantitative estimate of drug-likeness (QED) is 0.882. The Morgan fingerprint density at radius 1 is 1.22 bits per heavy atom. The molecule has 2 amide bonds. The molecule has 4 rings (SSSR count). The largest absolute Gasteiger partial charge is 0.347 e. The highest BCUT2D eigenvalue weighted by Crippen LogP contribution is 2.27. The minimum atomic E-state index is -0.151. The fourth-order valence-corrected chi connectivity index (χ4v) is 3.99. The average Bonchev–Trinajstić information content (AvgIpc) is 3.28. The van der Waals surface area contributed by atoms with Gasteiger partial charge in [0.2, 0.25) is 5.91 Å². The Balaban J connectivity index is 1.33. The first kappa shape index (κ1) is 17.7. The van der Waals surface area contributed by atoms with Gasteiger partial charge in [-0.05, 0) is 43.5 Å². The van der Waals surface area contributed by atoms with Crippen molar-refractivity contribution in [1.29, 1.82) is 0 Å². The van der Waals surface area contributed by atoms with Gasteiger partial charge in [-0.25, -0.2) is 0 Å². The Bertz CT molecular complexity index is 846. The van der Waals surface area contributed by atoms with E-state index in [0.29, 0.717) is 18.8 Å². The van der Waals surface area contributed by atoms with E-state index in [0.717, 1.165) is 38.0 Å². The lowest BCUT2D eigenvalue weighted by Crippen LogP contribution is -2.50. The van der Waals surface area contributed by atoms with Crippen LogP contribution < -0.4 is 10.2 Å². The third-order valence-corrected chi connectivity index (χ3v) is 5.33. The Morgan fingerprint density at radius 2 is 2.07 bits per heavy atom. The number of piperidine rings is 1. The van der Waals surface area contributed by atoms with Crippen molar-refractivity contribution >= 4 is 17.5 Å². The molecule has 2 aromatic rings. The number of aromatic nitrogens is 2. The number of carbonyl (C=O) groups excluding carboxylic acids is 2. The number of hydrogen-bond donors (Lipinski definition) is 1. The standard InChI is InChI=1S/C20H25N5O2/c1-23-11-9-17(22-23)20(27)21-16-6-4-10-24(13-16)14-19(26)25-12-8-15-5-2-3-7-18(15)25/h2-3,5,7,9,11,16H,4,6,8,10,12-14H2,1H3,(H,21,27). The van der Waals surface area contributed by atoms with Crippen LogP contribution >= 0.6 is 0 Å². The molecule has 0 radical (unpaired) electrons. The molecule has 1 fully saturated rings. The van der Waals surface area contributed by atoms with Crippen LogP contribution in [0.2, 0.25) is 0 Å². The molecule has 1 aromatic carbocycles. The first-order chi connectivity index (χ1) is 13.1. The van der Waals surface area contributed by atoms with Gasteiger partial charge < -0.3 is 10.2 Å². The van der Waals surface area contributed by atoms with Crippen LogP contribution in [0.1, 0.15) is 28.9 Å². The second-order valence-corrected chi connectivity index (χ2v) is 7.35. The minimum Gasteiger partial charge on any atom is -0.347 e. The summed E-state index contributed by atoms with van der Waals surface area (Å²) in [6.07, 6.45) is 4.58. The maximum Gasteiger partial charge on any atom is 0.272 e. The fraction of sp³-hybridized carbons (Fsp3) is 0.450. The molecule has 7 heteroatoms. The van der Waals surface area contributed by atoms with E-state index >= 15 is 0 Å². The van der Waals surface area contributed by atoms with Gasteiger partial charge in [-0.3, -0.25) is 19.2 Å². The van der Waals surface area contributed by atoms with Gasteiger partial charge >= 0.3 is 0 Å². The van der Waals surface area contributed by atoms with Crippen molar-refractivity contribution in [2.75, 3.05) is 31.1 Å². The summed E-state index contributed by atoms with van der Waals surface area (Å²) in [5.41, 5.74) is 2.71. The maximum atomic E-state index is 12.8. The number of amides is 2. The van der Waals surface area contributed by atoms with Gasteiger partial charge in [0.25, 0.3) is 5.91 Å². The lowest BCUT2D eigenvalue weighted by Gasteiger charge is -2.33. The minimum absolute atomic E-state index is 0.0481. The molecule has 142 valence electrons. The molecule has 1 N–H and O–H groups in total. The van der Waals surface area contributed by atoms with Crippen molar-refractivity contribution in [3.8, 4) is 0 Å². The Hall–Kier alpha value is -2.67. The normalized spacial score (nSPS) is 19.7. The van der Waals surface area contributed by atoms with E-state index in [4.69, 9.17) is 0 Å². The number of nitrogens with one attached hydrogen (secondary N) is 1. The van der Waals surface area contributed by atoms with Crippen LogP contribution in [0.15, 0.2) is 36.5 Å². The lowest BCUT2D eigenvalue weighted by molar-refractivity contribution is -0.119. The van der Waals surface area contributed by atoms with E-state index < -0.39 is 0 Å². The van der Waals surface area contributed by atoms with E-state index in [2.05, 4.69) is 21.4 Å². The van der Waals surface area contributed by atoms with E-state index in [-0.39, 0.29) is 17.9 Å². The zero-order chi connectivity index (χ0) is 18.8. The summed E-state index contributed by atoms with van der Waals surface area (Å²) < 4.78 is 1.62. The molecule has 0 bridgehead atoms. The van der Waals surface area contributed by atoms with Crippen LogP contribution in [-0.4, -0.2) is 58.7 Å². The summed E-state index contributed by atoms with van der Waals surface area (Å²) in [6.45, 7) is 2.73. The average molecular weight is 367 g/mol. The smallest absolute Gasteiger partial charge is 0.272 e. The predicted octanol–water partition coefficient (Wildman–Crippen LogP) is 1.20. The van der Waals surface area contributed by atoms with Crippen molar-refractivity contribution in [3.63, 3.8) is 0 Å². The molecule has 0 spiro atoms. The summed E-state index contributed by atoms with van der Waals surface area (Å²) in [5.74, 6) is -0.0149. The molecular formula is C20H25N5O2. The molecule has 1 saturated heterocycles. The fourth-order valence-electron chi connectivity index (χ4n) is 3.99. The van der Waals surface area contributed by atoms with Crippen LogP contribution in [0.25, 0.3) is 0 Å². The van der Waals surface area contributed by atoms with Gasteiger partial charge in [0.15, 0.2) is 0 Å². The molecule has 1 unspecified atom stereocenters. The highest BCUT2D eigenvalue weighted by Gasteiger charge is 2.28. The molecule has 1 atom stereocenters. The third kappa shape index (κ3) is 3.88. The van der Waals surface area contributed by atoms with E-state index in [1.165, 1.54) is 5.56 Å². The van der Waals surface area contributed by atoms with Gasteiger partial charge in [0.1, 0.15) is 5.69 Å². The van der Waals surface area contributed by atoms with E-state index in [1.807, 2.05) is 23.1 Å². The second kappa shape index (κ2) is 7.52. The summed E-state index contributed by atoms with van der Waals surface area (Å²) in [4.78, 5) is 29.2. The van der Waals surface area contributed by atoms with Crippen molar-refractivity contribution < 1.29 is 9.59 Å². The number of para-hydroxylation sites is 1. The molecule has 1 aromatic heterocycles. The number of carbonyl (C=O) groups is 2. The Kier molecular flexibility index (Phi) is 4.94. The number of rotatable bonds is 4. The number of nitrogens with zero attached hydrogens (tertiary/aromatic N) is 4. The molecule has 3 heterocycles.